The van der Waals surface area contributed by atoms with Crippen molar-refractivity contribution >= 4 is 29.9 Å². The van der Waals surface area contributed by atoms with E-state index in [0.29, 0.717) is 13.1 Å². The van der Waals surface area contributed by atoms with Gasteiger partial charge in [-0.05, 0) is 35.2 Å². The molecule has 3 N–H and O–H groups in total. The number of aliphatic hydroxyl groups is 1. The van der Waals surface area contributed by atoms with Gasteiger partial charge in [-0.15, -0.1) is 24.0 Å². The van der Waals surface area contributed by atoms with Crippen LogP contribution in [0.1, 0.15) is 28.9 Å². The van der Waals surface area contributed by atoms with Crippen molar-refractivity contribution < 1.29 is 9.52 Å². The lowest BCUT2D eigenvalue weighted by molar-refractivity contribution is 0.174. The molecule has 0 bridgehead atoms. The van der Waals surface area contributed by atoms with Gasteiger partial charge in [0.25, 0.3) is 0 Å². The molecule has 0 amide bonds. The molecule has 7 heteroatoms. The van der Waals surface area contributed by atoms with E-state index in [1.165, 1.54) is 16.7 Å². The van der Waals surface area contributed by atoms with Gasteiger partial charge in [0, 0.05) is 39.1 Å². The molecule has 1 atom stereocenters. The molecule has 1 aliphatic rings. The van der Waals surface area contributed by atoms with E-state index >= 15 is 0 Å². The first-order valence-electron chi connectivity index (χ1n) is 11.3. The van der Waals surface area contributed by atoms with Gasteiger partial charge in [-0.25, -0.2) is 4.99 Å². The normalized spacial score (nSPS) is 16.4. The van der Waals surface area contributed by atoms with Crippen LogP contribution in [0.15, 0.2) is 82.4 Å². The van der Waals surface area contributed by atoms with Crippen molar-refractivity contribution in [2.45, 2.75) is 38.6 Å². The predicted molar refractivity (Wildman–Crippen MR) is 143 cm³/mol. The molecule has 0 saturated carbocycles. The van der Waals surface area contributed by atoms with Gasteiger partial charge in [0.2, 0.25) is 0 Å². The molecule has 1 unspecified atom stereocenters. The average Bonchev–Trinajstić information content (AvgIpc) is 3.48. The van der Waals surface area contributed by atoms with Crippen molar-refractivity contribution in [3.8, 4) is 0 Å². The number of aliphatic hydroxyl groups excluding tert-OH is 1. The van der Waals surface area contributed by atoms with E-state index in [0.717, 1.165) is 50.7 Å². The Kier molecular flexibility index (Phi) is 10.2. The third-order valence-electron chi connectivity index (χ3n) is 5.71. The highest BCUT2D eigenvalue weighted by atomic mass is 127. The minimum atomic E-state index is -0.199. The molecule has 6 nitrogen and oxygen atoms in total. The van der Waals surface area contributed by atoms with Gasteiger partial charge in [0.1, 0.15) is 5.76 Å². The van der Waals surface area contributed by atoms with E-state index in [2.05, 4.69) is 51.9 Å². The fourth-order valence-electron chi connectivity index (χ4n) is 3.95. The topological polar surface area (TPSA) is 73.0 Å². The Morgan fingerprint density at radius 3 is 2.52 bits per heavy atom. The van der Waals surface area contributed by atoms with Crippen LogP contribution in [0.3, 0.4) is 0 Å². The summed E-state index contributed by atoms with van der Waals surface area (Å²) in [4.78, 5) is 7.11. The average molecular weight is 560 g/mol. The molecule has 176 valence electrons. The number of nitrogens with one attached hydrogen (secondary N) is 2. The molecule has 3 aromatic rings. The third kappa shape index (κ3) is 8.17. The lowest BCUT2D eigenvalue weighted by Gasteiger charge is -2.19. The molecule has 1 aromatic heterocycles. The van der Waals surface area contributed by atoms with Gasteiger partial charge in [-0.2, -0.15) is 0 Å². The standard InChI is InChI=1S/C26H32N4O2.HI/c31-24-13-15-30(20-24)19-23-10-5-4-9-22(23)18-29-26(27-14-12-25-11-6-16-32-25)28-17-21-7-2-1-3-8-21;/h1-11,16,24,31H,12-15,17-20H2,(H2,27,28,29);1H. The molecule has 1 fully saturated rings. The van der Waals surface area contributed by atoms with Crippen molar-refractivity contribution in [3.63, 3.8) is 0 Å². The highest BCUT2D eigenvalue weighted by Crippen LogP contribution is 2.16. The van der Waals surface area contributed by atoms with E-state index in [9.17, 15) is 5.11 Å². The zero-order valence-corrected chi connectivity index (χ0v) is 21.2. The Labute approximate surface area is 213 Å². The molecule has 1 aliphatic heterocycles. The van der Waals surface area contributed by atoms with Crippen molar-refractivity contribution in [2.75, 3.05) is 19.6 Å². The summed E-state index contributed by atoms with van der Waals surface area (Å²) in [5.41, 5.74) is 3.70. The van der Waals surface area contributed by atoms with Crippen LogP contribution in [-0.2, 0) is 26.1 Å². The van der Waals surface area contributed by atoms with Crippen LogP contribution in [0.2, 0.25) is 0 Å². The van der Waals surface area contributed by atoms with Crippen LogP contribution in [0.4, 0.5) is 0 Å². The first kappa shape index (κ1) is 25.3. The molecular weight excluding hydrogens is 527 g/mol. The van der Waals surface area contributed by atoms with Crippen LogP contribution in [0, 0.1) is 0 Å². The van der Waals surface area contributed by atoms with Crippen molar-refractivity contribution in [1.82, 2.24) is 15.5 Å². The first-order valence-corrected chi connectivity index (χ1v) is 11.3. The smallest absolute Gasteiger partial charge is 0.191 e. The quantitative estimate of drug-likeness (QED) is 0.210. The maximum absolute atomic E-state index is 9.84. The molecule has 4 rings (SSSR count). The zero-order valence-electron chi connectivity index (χ0n) is 18.8. The van der Waals surface area contributed by atoms with Gasteiger partial charge in [-0.1, -0.05) is 54.6 Å². The van der Waals surface area contributed by atoms with Crippen LogP contribution < -0.4 is 10.6 Å². The van der Waals surface area contributed by atoms with Crippen LogP contribution in [-0.4, -0.2) is 41.7 Å². The molecule has 2 aromatic carbocycles. The summed E-state index contributed by atoms with van der Waals surface area (Å²) in [6.07, 6.45) is 3.16. The second-order valence-corrected chi connectivity index (χ2v) is 8.21. The minimum Gasteiger partial charge on any atom is -0.469 e. The number of nitrogens with zero attached hydrogens (tertiary/aromatic N) is 2. The molecule has 0 radical (unpaired) electrons. The molecular formula is C26H33IN4O2. The minimum absolute atomic E-state index is 0. The highest BCUT2D eigenvalue weighted by molar-refractivity contribution is 14.0. The van der Waals surface area contributed by atoms with Crippen LogP contribution in [0.25, 0.3) is 0 Å². The number of β-amino-alcohol motifs (C(OH)–C–C–N with tert-alkyl or cyclic N) is 1. The summed E-state index contributed by atoms with van der Waals surface area (Å²) in [5.74, 6) is 1.74. The Morgan fingerprint density at radius 1 is 1.00 bits per heavy atom. The van der Waals surface area contributed by atoms with Crippen LogP contribution in [0.5, 0.6) is 0 Å². The zero-order chi connectivity index (χ0) is 22.0. The number of hydrogen-bond donors (Lipinski definition) is 3. The summed E-state index contributed by atoms with van der Waals surface area (Å²) in [6, 6.07) is 22.6. The molecule has 0 spiro atoms. The fourth-order valence-corrected chi connectivity index (χ4v) is 3.95. The van der Waals surface area contributed by atoms with Gasteiger partial charge in [0.05, 0.1) is 18.9 Å². The van der Waals surface area contributed by atoms with E-state index in [1.807, 2.05) is 30.3 Å². The molecule has 0 aliphatic carbocycles. The number of hydrogen-bond acceptors (Lipinski definition) is 4. The van der Waals surface area contributed by atoms with E-state index in [-0.39, 0.29) is 30.1 Å². The second kappa shape index (κ2) is 13.4. The highest BCUT2D eigenvalue weighted by Gasteiger charge is 2.20. The number of furan rings is 1. The second-order valence-electron chi connectivity index (χ2n) is 8.21. The number of rotatable bonds is 9. The number of likely N-dealkylation sites (tertiary alicyclic amines) is 1. The number of benzene rings is 2. The van der Waals surface area contributed by atoms with Gasteiger partial charge < -0.3 is 20.2 Å². The maximum atomic E-state index is 9.84. The lowest BCUT2D eigenvalue weighted by Crippen LogP contribution is -2.38. The van der Waals surface area contributed by atoms with Crippen molar-refractivity contribution in [3.05, 3.63) is 95.4 Å². The summed E-state index contributed by atoms with van der Waals surface area (Å²) >= 11 is 0. The SMILES string of the molecule is I.OC1CCN(Cc2ccccc2CNC(=NCc2ccccc2)NCCc2ccco2)C1. The van der Waals surface area contributed by atoms with E-state index in [4.69, 9.17) is 9.41 Å². The molecule has 2 heterocycles. The lowest BCUT2D eigenvalue weighted by atomic mass is 10.1. The van der Waals surface area contributed by atoms with Gasteiger partial charge in [0.15, 0.2) is 5.96 Å². The monoisotopic (exact) mass is 560 g/mol. The van der Waals surface area contributed by atoms with E-state index < -0.39 is 0 Å². The van der Waals surface area contributed by atoms with Gasteiger partial charge in [-0.3, -0.25) is 4.90 Å². The van der Waals surface area contributed by atoms with Crippen molar-refractivity contribution in [2.24, 2.45) is 4.99 Å². The number of guanidine groups is 1. The Hall–Kier alpha value is -2.36. The Balaban J connectivity index is 0.00000306. The molecule has 1 saturated heterocycles. The molecule has 33 heavy (non-hydrogen) atoms. The Morgan fingerprint density at radius 2 is 1.79 bits per heavy atom. The third-order valence-corrected chi connectivity index (χ3v) is 5.71. The van der Waals surface area contributed by atoms with Crippen molar-refractivity contribution in [1.29, 1.82) is 0 Å². The van der Waals surface area contributed by atoms with Gasteiger partial charge >= 0.3 is 0 Å². The predicted octanol–water partition coefficient (Wildman–Crippen LogP) is 3.94. The number of aliphatic imine (C=N–C) groups is 1. The number of halogens is 1. The van der Waals surface area contributed by atoms with E-state index in [1.54, 1.807) is 6.26 Å². The summed E-state index contributed by atoms with van der Waals surface area (Å²) in [7, 11) is 0. The summed E-state index contributed by atoms with van der Waals surface area (Å²) in [5, 5.41) is 16.8. The summed E-state index contributed by atoms with van der Waals surface area (Å²) in [6.45, 7) is 4.60. The Bertz CT molecular complexity index is 979. The fraction of sp³-hybridized carbons (Fsp3) is 0.346. The van der Waals surface area contributed by atoms with Crippen LogP contribution >= 0.6 is 24.0 Å². The first-order chi connectivity index (χ1) is 15.8. The maximum Gasteiger partial charge on any atom is 0.191 e. The summed E-state index contributed by atoms with van der Waals surface area (Å²) < 4.78 is 5.44. The largest absolute Gasteiger partial charge is 0.469 e.